The molecule has 0 saturated heterocycles. The Morgan fingerprint density at radius 1 is 1.16 bits per heavy atom. The molecule has 0 atom stereocenters. The zero-order valence-electron chi connectivity index (χ0n) is 9.60. The van der Waals surface area contributed by atoms with Crippen LogP contribution in [-0.2, 0) is 10.0 Å². The number of nitrogen functional groups attached to an aromatic ring is 1. The standard InChI is InChI=1S/C12H10BrFN2O2S/c13-9-3-1-2-4-11(9)16-19(17,18)12-6-5-8(14)7-10(12)15/h1-7,16H,15H2. The maximum atomic E-state index is 12.9. The molecule has 0 heterocycles. The molecule has 0 radical (unpaired) electrons. The van der Waals surface area contributed by atoms with Crippen molar-refractivity contribution in [3.05, 3.63) is 52.8 Å². The van der Waals surface area contributed by atoms with Crippen LogP contribution in [0.4, 0.5) is 15.8 Å². The first kappa shape index (κ1) is 13.8. The van der Waals surface area contributed by atoms with Crippen molar-refractivity contribution in [1.82, 2.24) is 0 Å². The van der Waals surface area contributed by atoms with Gasteiger partial charge in [-0.3, -0.25) is 4.72 Å². The van der Waals surface area contributed by atoms with Crippen molar-refractivity contribution >= 4 is 37.3 Å². The molecule has 0 spiro atoms. The largest absolute Gasteiger partial charge is 0.398 e. The van der Waals surface area contributed by atoms with Crippen molar-refractivity contribution in [2.24, 2.45) is 0 Å². The molecule has 7 heteroatoms. The molecule has 3 N–H and O–H groups in total. The molecule has 0 unspecified atom stereocenters. The number of nitrogens with one attached hydrogen (secondary N) is 1. The molecule has 100 valence electrons. The lowest BCUT2D eigenvalue weighted by molar-refractivity contribution is 0.600. The van der Waals surface area contributed by atoms with E-state index < -0.39 is 15.8 Å². The third-order valence-corrected chi connectivity index (χ3v) is 4.51. The minimum atomic E-state index is -3.85. The van der Waals surface area contributed by atoms with Crippen molar-refractivity contribution in [3.8, 4) is 0 Å². The average Bonchev–Trinajstić information content (AvgIpc) is 2.31. The van der Waals surface area contributed by atoms with E-state index in [2.05, 4.69) is 20.7 Å². The molecule has 0 saturated carbocycles. The quantitative estimate of drug-likeness (QED) is 0.840. The molecule has 19 heavy (non-hydrogen) atoms. The van der Waals surface area contributed by atoms with E-state index in [-0.39, 0.29) is 10.6 Å². The fourth-order valence-corrected chi connectivity index (χ4v) is 3.22. The number of nitrogens with two attached hydrogens (primary N) is 1. The molecule has 2 rings (SSSR count). The summed E-state index contributed by atoms with van der Waals surface area (Å²) in [4.78, 5) is -0.162. The van der Waals surface area contributed by atoms with Crippen molar-refractivity contribution in [3.63, 3.8) is 0 Å². The van der Waals surface area contributed by atoms with Gasteiger partial charge in [0.2, 0.25) is 0 Å². The number of halogens is 2. The molecule has 4 nitrogen and oxygen atoms in total. The van der Waals surface area contributed by atoms with E-state index in [1.165, 1.54) is 0 Å². The average molecular weight is 345 g/mol. The first-order valence-corrected chi connectivity index (χ1v) is 7.50. The van der Waals surface area contributed by atoms with Crippen LogP contribution in [-0.4, -0.2) is 8.42 Å². The highest BCUT2D eigenvalue weighted by Gasteiger charge is 2.18. The minimum Gasteiger partial charge on any atom is -0.398 e. The second-order valence-electron chi connectivity index (χ2n) is 3.77. The Balaban J connectivity index is 2.41. The lowest BCUT2D eigenvalue weighted by atomic mass is 10.3. The molecule has 0 fully saturated rings. The van der Waals surface area contributed by atoms with Gasteiger partial charge in [-0.1, -0.05) is 12.1 Å². The highest BCUT2D eigenvalue weighted by atomic mass is 79.9. The van der Waals surface area contributed by atoms with Crippen LogP contribution in [0.15, 0.2) is 51.8 Å². The summed E-state index contributed by atoms with van der Waals surface area (Å²) >= 11 is 3.23. The predicted octanol–water partition coefficient (Wildman–Crippen LogP) is 2.97. The van der Waals surface area contributed by atoms with E-state index in [0.717, 1.165) is 18.2 Å². The molecule has 0 aliphatic heterocycles. The van der Waals surface area contributed by atoms with Crippen molar-refractivity contribution in [2.75, 3.05) is 10.5 Å². The monoisotopic (exact) mass is 344 g/mol. The van der Waals surface area contributed by atoms with Crippen LogP contribution in [0.5, 0.6) is 0 Å². The van der Waals surface area contributed by atoms with Crippen LogP contribution < -0.4 is 10.5 Å². The van der Waals surface area contributed by atoms with Crippen LogP contribution in [0, 0.1) is 5.82 Å². The maximum Gasteiger partial charge on any atom is 0.263 e. The first-order valence-electron chi connectivity index (χ1n) is 5.22. The van der Waals surface area contributed by atoms with Crippen LogP contribution >= 0.6 is 15.9 Å². The molecule has 2 aromatic rings. The van der Waals surface area contributed by atoms with E-state index in [9.17, 15) is 12.8 Å². The third kappa shape index (κ3) is 3.05. The summed E-state index contributed by atoms with van der Waals surface area (Å²) < 4.78 is 40.2. The third-order valence-electron chi connectivity index (χ3n) is 2.38. The van der Waals surface area contributed by atoms with Gasteiger partial charge in [-0.25, -0.2) is 12.8 Å². The highest BCUT2D eigenvalue weighted by molar-refractivity contribution is 9.10. The van der Waals surface area contributed by atoms with Gasteiger partial charge in [0.25, 0.3) is 10.0 Å². The van der Waals surface area contributed by atoms with E-state index in [4.69, 9.17) is 5.73 Å². The Morgan fingerprint density at radius 3 is 2.47 bits per heavy atom. The topological polar surface area (TPSA) is 72.2 Å². The van der Waals surface area contributed by atoms with Crippen molar-refractivity contribution in [2.45, 2.75) is 4.90 Å². The first-order chi connectivity index (χ1) is 8.90. The van der Waals surface area contributed by atoms with Gasteiger partial charge in [-0.2, -0.15) is 0 Å². The molecule has 0 aliphatic rings. The Kier molecular flexibility index (Phi) is 3.77. The lowest BCUT2D eigenvalue weighted by Crippen LogP contribution is -2.15. The fourth-order valence-electron chi connectivity index (χ4n) is 1.51. The Labute approximate surface area is 118 Å². The van der Waals surface area contributed by atoms with Gasteiger partial charge in [-0.15, -0.1) is 0 Å². The minimum absolute atomic E-state index is 0.139. The highest BCUT2D eigenvalue weighted by Crippen LogP contribution is 2.26. The Hall–Kier alpha value is -1.60. The fraction of sp³-hybridized carbons (Fsp3) is 0. The Morgan fingerprint density at radius 2 is 1.84 bits per heavy atom. The smallest absolute Gasteiger partial charge is 0.263 e. The number of anilines is 2. The number of sulfonamides is 1. The molecule has 0 amide bonds. The summed E-state index contributed by atoms with van der Waals surface area (Å²) in [5.41, 5.74) is 5.77. The number of rotatable bonds is 3. The molecular formula is C12H10BrFN2O2S. The van der Waals surface area contributed by atoms with Gasteiger partial charge >= 0.3 is 0 Å². The van der Waals surface area contributed by atoms with Crippen molar-refractivity contribution in [1.29, 1.82) is 0 Å². The zero-order chi connectivity index (χ0) is 14.0. The van der Waals surface area contributed by atoms with E-state index in [1.807, 2.05) is 0 Å². The molecule has 2 aromatic carbocycles. The van der Waals surface area contributed by atoms with Gasteiger partial charge in [-0.05, 0) is 46.3 Å². The van der Waals surface area contributed by atoms with E-state index >= 15 is 0 Å². The van der Waals surface area contributed by atoms with Crippen LogP contribution in [0.3, 0.4) is 0 Å². The summed E-state index contributed by atoms with van der Waals surface area (Å²) in [6, 6.07) is 9.89. The van der Waals surface area contributed by atoms with Gasteiger partial charge < -0.3 is 5.73 Å². The van der Waals surface area contributed by atoms with E-state index in [1.54, 1.807) is 24.3 Å². The number of para-hydroxylation sites is 1. The zero-order valence-corrected chi connectivity index (χ0v) is 12.0. The Bertz CT molecular complexity index is 719. The second kappa shape index (κ2) is 5.18. The SMILES string of the molecule is Nc1cc(F)ccc1S(=O)(=O)Nc1ccccc1Br. The second-order valence-corrected chi connectivity index (χ2v) is 6.27. The van der Waals surface area contributed by atoms with Gasteiger partial charge in [0.15, 0.2) is 0 Å². The summed E-state index contributed by atoms with van der Waals surface area (Å²) in [6.45, 7) is 0. The number of hydrogen-bond donors (Lipinski definition) is 2. The van der Waals surface area contributed by atoms with Gasteiger partial charge in [0, 0.05) is 4.47 Å². The van der Waals surface area contributed by atoms with Gasteiger partial charge in [0.05, 0.1) is 11.4 Å². The predicted molar refractivity (Wildman–Crippen MR) is 75.8 cm³/mol. The van der Waals surface area contributed by atoms with Crippen molar-refractivity contribution < 1.29 is 12.8 Å². The van der Waals surface area contributed by atoms with E-state index in [0.29, 0.717) is 10.2 Å². The molecule has 0 aliphatic carbocycles. The number of benzene rings is 2. The summed E-state index contributed by atoms with van der Waals surface area (Å²) in [5.74, 6) is -0.586. The van der Waals surface area contributed by atoms with Gasteiger partial charge in [0.1, 0.15) is 10.7 Å². The molecular weight excluding hydrogens is 335 g/mol. The lowest BCUT2D eigenvalue weighted by Gasteiger charge is -2.11. The number of hydrogen-bond acceptors (Lipinski definition) is 3. The molecule has 0 bridgehead atoms. The van der Waals surface area contributed by atoms with Crippen LogP contribution in [0.1, 0.15) is 0 Å². The van der Waals surface area contributed by atoms with Crippen LogP contribution in [0.2, 0.25) is 0 Å². The normalized spacial score (nSPS) is 11.3. The maximum absolute atomic E-state index is 12.9. The summed E-state index contributed by atoms with van der Waals surface area (Å²) in [7, 11) is -3.85. The summed E-state index contributed by atoms with van der Waals surface area (Å²) in [5, 5.41) is 0. The summed E-state index contributed by atoms with van der Waals surface area (Å²) in [6.07, 6.45) is 0. The van der Waals surface area contributed by atoms with Crippen LogP contribution in [0.25, 0.3) is 0 Å². The molecule has 0 aromatic heterocycles.